The molecule has 1 saturated heterocycles. The Balaban J connectivity index is 1.36. The van der Waals surface area contributed by atoms with Gasteiger partial charge in [-0.25, -0.2) is 9.37 Å². The van der Waals surface area contributed by atoms with E-state index in [4.69, 9.17) is 9.15 Å². The van der Waals surface area contributed by atoms with Gasteiger partial charge in [-0.05, 0) is 57.8 Å². The Labute approximate surface area is 184 Å². The quantitative estimate of drug-likeness (QED) is 0.511. The highest BCUT2D eigenvalue weighted by atomic mass is 19.1. The van der Waals surface area contributed by atoms with Crippen LogP contribution >= 0.6 is 0 Å². The number of likely N-dealkylation sites (N-methyl/N-ethyl adjacent to an activating group) is 1. The van der Waals surface area contributed by atoms with Crippen molar-refractivity contribution in [3.05, 3.63) is 47.4 Å². The Morgan fingerprint density at radius 1 is 1.32 bits per heavy atom. The largest absolute Gasteiger partial charge is 0.489 e. The van der Waals surface area contributed by atoms with Gasteiger partial charge in [0.15, 0.2) is 17.5 Å². The molecular weight excluding hydrogens is 397 g/mol. The molecule has 1 aromatic carbocycles. The number of aryl methyl sites for hydroxylation is 2. The van der Waals surface area contributed by atoms with Crippen LogP contribution in [0.15, 0.2) is 33.7 Å². The molecule has 1 N–H and O–H groups in total. The second-order valence-corrected chi connectivity index (χ2v) is 8.10. The van der Waals surface area contributed by atoms with Crippen molar-refractivity contribution in [2.45, 2.75) is 33.2 Å². The molecule has 2 heterocycles. The smallest absolute Gasteiger partial charge is 0.208 e. The first-order chi connectivity index (χ1) is 15.0. The number of nitrogens with one attached hydrogen (secondary N) is 1. The van der Waals surface area contributed by atoms with Crippen LogP contribution in [0.5, 0.6) is 5.75 Å². The summed E-state index contributed by atoms with van der Waals surface area (Å²) < 4.78 is 24.9. The van der Waals surface area contributed by atoms with Crippen LogP contribution in [0, 0.1) is 25.6 Å². The van der Waals surface area contributed by atoms with E-state index >= 15 is 0 Å². The maximum Gasteiger partial charge on any atom is 0.208 e. The van der Waals surface area contributed by atoms with Crippen molar-refractivity contribution >= 4 is 5.96 Å². The molecule has 1 aliphatic heterocycles. The van der Waals surface area contributed by atoms with Gasteiger partial charge in [-0.2, -0.15) is 0 Å². The van der Waals surface area contributed by atoms with E-state index in [1.54, 1.807) is 25.2 Å². The van der Waals surface area contributed by atoms with Gasteiger partial charge in [-0.1, -0.05) is 12.1 Å². The zero-order valence-electron chi connectivity index (χ0n) is 19.0. The molecule has 0 radical (unpaired) electrons. The molecule has 0 amide bonds. The van der Waals surface area contributed by atoms with Gasteiger partial charge in [-0.15, -0.1) is 0 Å². The lowest BCUT2D eigenvalue weighted by Crippen LogP contribution is -2.44. The molecule has 0 atom stereocenters. The van der Waals surface area contributed by atoms with Crippen molar-refractivity contribution in [2.24, 2.45) is 10.9 Å². The van der Waals surface area contributed by atoms with E-state index in [0.29, 0.717) is 19.1 Å². The number of oxazole rings is 1. The lowest BCUT2D eigenvalue weighted by molar-refractivity contribution is 0.163. The third-order valence-corrected chi connectivity index (χ3v) is 5.78. The van der Waals surface area contributed by atoms with Crippen LogP contribution in [-0.4, -0.2) is 67.6 Å². The normalized spacial score (nSPS) is 15.8. The minimum absolute atomic E-state index is 0.278. The fraction of sp³-hybridized carbons (Fsp3) is 0.565. The van der Waals surface area contributed by atoms with Gasteiger partial charge in [0.25, 0.3) is 0 Å². The van der Waals surface area contributed by atoms with Gasteiger partial charge in [0, 0.05) is 20.6 Å². The Morgan fingerprint density at radius 3 is 2.71 bits per heavy atom. The molecule has 0 saturated carbocycles. The molecular formula is C23H34FN5O2. The molecule has 7 nitrogen and oxygen atoms in total. The van der Waals surface area contributed by atoms with Crippen LogP contribution in [0.2, 0.25) is 0 Å². The highest BCUT2D eigenvalue weighted by molar-refractivity contribution is 5.79. The lowest BCUT2D eigenvalue weighted by atomic mass is 9.97. The van der Waals surface area contributed by atoms with E-state index < -0.39 is 0 Å². The van der Waals surface area contributed by atoms with E-state index in [9.17, 15) is 4.39 Å². The first-order valence-electron chi connectivity index (χ1n) is 10.9. The molecule has 1 aromatic heterocycles. The number of piperidine rings is 1. The summed E-state index contributed by atoms with van der Waals surface area (Å²) in [4.78, 5) is 13.3. The highest BCUT2D eigenvalue weighted by Gasteiger charge is 2.21. The average molecular weight is 432 g/mol. The zero-order valence-corrected chi connectivity index (χ0v) is 19.0. The first kappa shape index (κ1) is 23.1. The van der Waals surface area contributed by atoms with Crippen LogP contribution in [-0.2, 0) is 6.54 Å². The van der Waals surface area contributed by atoms with Gasteiger partial charge >= 0.3 is 0 Å². The van der Waals surface area contributed by atoms with Crippen LogP contribution in [0.3, 0.4) is 0 Å². The summed E-state index contributed by atoms with van der Waals surface area (Å²) >= 11 is 0. The van der Waals surface area contributed by atoms with Gasteiger partial charge in [0.2, 0.25) is 5.89 Å². The van der Waals surface area contributed by atoms with Gasteiger partial charge in [0.05, 0.1) is 18.8 Å². The average Bonchev–Trinajstić information content (AvgIpc) is 3.07. The molecule has 0 spiro atoms. The summed E-state index contributed by atoms with van der Waals surface area (Å²) in [6, 6.07) is 6.46. The molecule has 0 unspecified atom stereocenters. The molecule has 8 heteroatoms. The monoisotopic (exact) mass is 431 g/mol. The third-order valence-electron chi connectivity index (χ3n) is 5.78. The minimum atomic E-state index is -0.341. The summed E-state index contributed by atoms with van der Waals surface area (Å²) in [5, 5.41) is 3.47. The number of likely N-dealkylation sites (tertiary alicyclic amines) is 1. The first-order valence-corrected chi connectivity index (χ1v) is 10.9. The summed E-state index contributed by atoms with van der Waals surface area (Å²) in [5.74, 6) is 3.08. The number of aromatic nitrogens is 1. The molecule has 170 valence electrons. The van der Waals surface area contributed by atoms with E-state index in [0.717, 1.165) is 62.3 Å². The third kappa shape index (κ3) is 6.69. The summed E-state index contributed by atoms with van der Waals surface area (Å²) in [5.41, 5.74) is 0.976. The number of benzene rings is 1. The summed E-state index contributed by atoms with van der Waals surface area (Å²) in [6.07, 6.45) is 2.26. The standard InChI is InChI=1S/C23H34FN5O2/c1-17-18(2)31-22(27-17)16-29-11-9-19(10-12-29)15-26-23(25-3)28(4)13-14-30-21-8-6-5-7-20(21)24/h5-8,19H,9-16H2,1-4H3,(H,25,26). The predicted molar refractivity (Wildman–Crippen MR) is 120 cm³/mol. The van der Waals surface area contributed by atoms with E-state index in [1.165, 1.54) is 6.07 Å². The second-order valence-electron chi connectivity index (χ2n) is 8.10. The van der Waals surface area contributed by atoms with Crippen molar-refractivity contribution in [1.82, 2.24) is 20.1 Å². The molecule has 2 aromatic rings. The lowest BCUT2D eigenvalue weighted by Gasteiger charge is -2.32. The predicted octanol–water partition coefficient (Wildman–Crippen LogP) is 3.23. The summed E-state index contributed by atoms with van der Waals surface area (Å²) in [7, 11) is 3.74. The maximum atomic E-state index is 13.6. The van der Waals surface area contributed by atoms with Crippen molar-refractivity contribution in [2.75, 3.05) is 46.9 Å². The van der Waals surface area contributed by atoms with E-state index in [1.807, 2.05) is 25.8 Å². The molecule has 31 heavy (non-hydrogen) atoms. The minimum Gasteiger partial charge on any atom is -0.489 e. The Kier molecular flexibility index (Phi) is 8.28. The Bertz CT molecular complexity index is 842. The number of halogens is 1. The fourth-order valence-corrected chi connectivity index (χ4v) is 3.73. The number of hydrogen-bond donors (Lipinski definition) is 1. The van der Waals surface area contributed by atoms with Gasteiger partial charge in [0.1, 0.15) is 12.4 Å². The van der Waals surface area contributed by atoms with E-state index in [-0.39, 0.29) is 11.6 Å². The maximum absolute atomic E-state index is 13.6. The number of para-hydroxylation sites is 1. The molecule has 0 aliphatic carbocycles. The topological polar surface area (TPSA) is 66.1 Å². The highest BCUT2D eigenvalue weighted by Crippen LogP contribution is 2.19. The molecule has 1 aliphatic rings. The van der Waals surface area contributed by atoms with Crippen LogP contribution in [0.4, 0.5) is 4.39 Å². The van der Waals surface area contributed by atoms with Crippen molar-refractivity contribution in [3.63, 3.8) is 0 Å². The molecule has 1 fully saturated rings. The van der Waals surface area contributed by atoms with Gasteiger partial charge in [-0.3, -0.25) is 9.89 Å². The number of rotatable bonds is 8. The van der Waals surface area contributed by atoms with Crippen LogP contribution < -0.4 is 10.1 Å². The van der Waals surface area contributed by atoms with Crippen LogP contribution in [0.25, 0.3) is 0 Å². The van der Waals surface area contributed by atoms with Crippen LogP contribution in [0.1, 0.15) is 30.2 Å². The SMILES string of the molecule is CN=C(NCC1CCN(Cc2nc(C)c(C)o2)CC1)N(C)CCOc1ccccc1F. The van der Waals surface area contributed by atoms with E-state index in [2.05, 4.69) is 20.2 Å². The fourth-order valence-electron chi connectivity index (χ4n) is 3.73. The molecule has 3 rings (SSSR count). The van der Waals surface area contributed by atoms with Gasteiger partial charge < -0.3 is 19.4 Å². The Hall–Kier alpha value is -2.61. The summed E-state index contributed by atoms with van der Waals surface area (Å²) in [6.45, 7) is 8.68. The van der Waals surface area contributed by atoms with Crippen molar-refractivity contribution in [3.8, 4) is 5.75 Å². The van der Waals surface area contributed by atoms with Crippen molar-refractivity contribution in [1.29, 1.82) is 0 Å². The molecule has 0 bridgehead atoms. The second kappa shape index (κ2) is 11.1. The number of hydrogen-bond acceptors (Lipinski definition) is 5. The number of ether oxygens (including phenoxy) is 1. The zero-order chi connectivity index (χ0) is 22.2. The Morgan fingerprint density at radius 2 is 2.06 bits per heavy atom. The number of guanidine groups is 1. The number of aliphatic imine (C=N–C) groups is 1. The van der Waals surface area contributed by atoms with Crippen molar-refractivity contribution < 1.29 is 13.5 Å². The number of nitrogens with zero attached hydrogens (tertiary/aromatic N) is 4.